The Hall–Kier alpha value is -2.54. The number of hydrogen-bond acceptors (Lipinski definition) is 1. The van der Waals surface area contributed by atoms with Crippen LogP contribution in [0, 0.1) is 6.92 Å². The van der Waals surface area contributed by atoms with Gasteiger partial charge >= 0.3 is 0 Å². The first-order valence-corrected chi connectivity index (χ1v) is 7.59. The Morgan fingerprint density at radius 3 is 1.64 bits per heavy atom. The van der Waals surface area contributed by atoms with E-state index in [1.165, 1.54) is 22.3 Å². The molecule has 1 heteroatoms. The van der Waals surface area contributed by atoms with E-state index in [4.69, 9.17) is 5.73 Å². The van der Waals surface area contributed by atoms with E-state index in [-0.39, 0.29) is 5.41 Å². The van der Waals surface area contributed by atoms with Crippen LogP contribution in [0.3, 0.4) is 0 Å². The summed E-state index contributed by atoms with van der Waals surface area (Å²) in [6, 6.07) is 27.6. The van der Waals surface area contributed by atoms with Crippen LogP contribution >= 0.6 is 0 Å². The van der Waals surface area contributed by atoms with Gasteiger partial charge in [-0.1, -0.05) is 72.3 Å². The summed E-state index contributed by atoms with van der Waals surface area (Å²) in [6.07, 6.45) is 0. The van der Waals surface area contributed by atoms with Gasteiger partial charge in [0.1, 0.15) is 0 Å². The van der Waals surface area contributed by atoms with Gasteiger partial charge in [-0.15, -0.1) is 0 Å². The quantitative estimate of drug-likeness (QED) is 0.536. The lowest BCUT2D eigenvalue weighted by atomic mass is 9.71. The predicted molar refractivity (Wildman–Crippen MR) is 94.0 cm³/mol. The van der Waals surface area contributed by atoms with Crippen molar-refractivity contribution < 1.29 is 0 Å². The van der Waals surface area contributed by atoms with Crippen molar-refractivity contribution in [3.8, 4) is 0 Å². The van der Waals surface area contributed by atoms with Crippen LogP contribution in [-0.2, 0) is 5.41 Å². The Labute approximate surface area is 132 Å². The first kappa shape index (κ1) is 14.4. The summed E-state index contributed by atoms with van der Waals surface area (Å²) in [6.45, 7) is 4.39. The lowest BCUT2D eigenvalue weighted by Crippen LogP contribution is -2.25. The molecule has 0 heterocycles. The highest BCUT2D eigenvalue weighted by Crippen LogP contribution is 2.38. The van der Waals surface area contributed by atoms with E-state index in [2.05, 4.69) is 80.6 Å². The van der Waals surface area contributed by atoms with Crippen molar-refractivity contribution in [2.75, 3.05) is 5.73 Å². The summed E-state index contributed by atoms with van der Waals surface area (Å²) in [5.41, 5.74) is 11.6. The number of rotatable bonds is 3. The average molecular weight is 287 g/mol. The average Bonchev–Trinajstić information content (AvgIpc) is 2.56. The lowest BCUT2D eigenvalue weighted by Gasteiger charge is -2.32. The van der Waals surface area contributed by atoms with Crippen LogP contribution in [0.5, 0.6) is 0 Å². The molecule has 0 spiro atoms. The predicted octanol–water partition coefficient (Wildman–Crippen LogP) is 4.93. The van der Waals surface area contributed by atoms with E-state index in [0.717, 1.165) is 5.69 Å². The van der Waals surface area contributed by atoms with Crippen molar-refractivity contribution in [1.29, 1.82) is 0 Å². The maximum Gasteiger partial charge on any atom is 0.0423 e. The van der Waals surface area contributed by atoms with Gasteiger partial charge in [-0.25, -0.2) is 0 Å². The number of nitrogens with two attached hydrogens (primary N) is 1. The number of benzene rings is 3. The second-order valence-corrected chi connectivity index (χ2v) is 5.98. The van der Waals surface area contributed by atoms with E-state index < -0.39 is 0 Å². The fourth-order valence-corrected chi connectivity index (χ4v) is 2.97. The molecule has 0 amide bonds. The van der Waals surface area contributed by atoms with Gasteiger partial charge in [0.2, 0.25) is 0 Å². The van der Waals surface area contributed by atoms with Gasteiger partial charge in [0.05, 0.1) is 0 Å². The molecule has 3 rings (SSSR count). The maximum atomic E-state index is 5.87. The molecule has 1 unspecified atom stereocenters. The highest BCUT2D eigenvalue weighted by molar-refractivity contribution is 5.52. The Morgan fingerprint density at radius 1 is 0.636 bits per heavy atom. The van der Waals surface area contributed by atoms with E-state index in [0.29, 0.717) is 0 Å². The minimum absolute atomic E-state index is 0.192. The van der Waals surface area contributed by atoms with Gasteiger partial charge in [-0.05, 0) is 42.7 Å². The van der Waals surface area contributed by atoms with Crippen LogP contribution in [0.4, 0.5) is 5.69 Å². The van der Waals surface area contributed by atoms with Crippen molar-refractivity contribution in [2.45, 2.75) is 19.3 Å². The Morgan fingerprint density at radius 2 is 1.09 bits per heavy atom. The molecule has 0 aliphatic rings. The van der Waals surface area contributed by atoms with Crippen LogP contribution in [0.15, 0.2) is 78.9 Å². The standard InChI is InChI=1S/C21H21N/c1-16-8-10-18(11-9-16)21(2,17-6-4-3-5-7-17)19-12-14-20(22)15-13-19/h3-15H,22H2,1-2H3. The Balaban J connectivity index is 2.22. The lowest BCUT2D eigenvalue weighted by molar-refractivity contribution is 0.692. The van der Waals surface area contributed by atoms with E-state index >= 15 is 0 Å². The second kappa shape index (κ2) is 5.69. The van der Waals surface area contributed by atoms with Crippen LogP contribution in [0.1, 0.15) is 29.2 Å². The van der Waals surface area contributed by atoms with Gasteiger partial charge in [0, 0.05) is 11.1 Å². The molecular weight excluding hydrogens is 266 g/mol. The van der Waals surface area contributed by atoms with Gasteiger partial charge in [-0.3, -0.25) is 0 Å². The fourth-order valence-electron chi connectivity index (χ4n) is 2.97. The molecule has 1 nitrogen and oxygen atoms in total. The second-order valence-electron chi connectivity index (χ2n) is 5.98. The zero-order chi connectivity index (χ0) is 15.6. The minimum Gasteiger partial charge on any atom is -0.399 e. The van der Waals surface area contributed by atoms with Gasteiger partial charge in [-0.2, -0.15) is 0 Å². The molecule has 1 atom stereocenters. The molecule has 0 fully saturated rings. The third-order valence-corrected chi connectivity index (χ3v) is 4.47. The molecule has 0 aliphatic heterocycles. The Kier molecular flexibility index (Phi) is 3.72. The van der Waals surface area contributed by atoms with Crippen LogP contribution in [0.25, 0.3) is 0 Å². The Bertz CT molecular complexity index is 695. The third kappa shape index (κ3) is 2.50. The highest BCUT2D eigenvalue weighted by Gasteiger charge is 2.30. The topological polar surface area (TPSA) is 26.0 Å². The molecule has 0 aromatic heterocycles. The molecule has 22 heavy (non-hydrogen) atoms. The summed E-state index contributed by atoms with van der Waals surface area (Å²) in [5, 5.41) is 0. The maximum absolute atomic E-state index is 5.87. The van der Waals surface area contributed by atoms with E-state index in [1.54, 1.807) is 0 Å². The first-order valence-electron chi connectivity index (χ1n) is 7.59. The zero-order valence-electron chi connectivity index (χ0n) is 13.1. The molecule has 0 bridgehead atoms. The summed E-state index contributed by atoms with van der Waals surface area (Å²) >= 11 is 0. The molecule has 0 saturated carbocycles. The number of hydrogen-bond donors (Lipinski definition) is 1. The monoisotopic (exact) mass is 287 g/mol. The van der Waals surface area contributed by atoms with Crippen molar-refractivity contribution in [2.24, 2.45) is 0 Å². The summed E-state index contributed by atoms with van der Waals surface area (Å²) in [5.74, 6) is 0. The molecule has 110 valence electrons. The number of nitrogen functional groups attached to an aromatic ring is 1. The molecule has 2 N–H and O–H groups in total. The molecule has 0 saturated heterocycles. The highest BCUT2D eigenvalue weighted by atomic mass is 14.5. The van der Waals surface area contributed by atoms with Crippen LogP contribution in [-0.4, -0.2) is 0 Å². The van der Waals surface area contributed by atoms with Crippen LogP contribution < -0.4 is 5.73 Å². The first-order chi connectivity index (χ1) is 10.6. The largest absolute Gasteiger partial charge is 0.399 e. The summed E-state index contributed by atoms with van der Waals surface area (Å²) < 4.78 is 0. The molecule has 3 aromatic rings. The molecule has 0 aliphatic carbocycles. The van der Waals surface area contributed by atoms with E-state index in [1.807, 2.05) is 12.1 Å². The third-order valence-electron chi connectivity index (χ3n) is 4.47. The van der Waals surface area contributed by atoms with Crippen molar-refractivity contribution in [1.82, 2.24) is 0 Å². The number of anilines is 1. The molecular formula is C21H21N. The van der Waals surface area contributed by atoms with Crippen molar-refractivity contribution >= 4 is 5.69 Å². The SMILES string of the molecule is Cc1ccc(C(C)(c2ccccc2)c2ccc(N)cc2)cc1. The smallest absolute Gasteiger partial charge is 0.0423 e. The van der Waals surface area contributed by atoms with Crippen LogP contribution in [0.2, 0.25) is 0 Å². The normalized spacial score (nSPS) is 13.5. The van der Waals surface area contributed by atoms with Gasteiger partial charge in [0.15, 0.2) is 0 Å². The molecule has 0 radical (unpaired) electrons. The summed E-state index contributed by atoms with van der Waals surface area (Å²) in [4.78, 5) is 0. The number of aryl methyl sites for hydroxylation is 1. The van der Waals surface area contributed by atoms with Gasteiger partial charge in [0.25, 0.3) is 0 Å². The van der Waals surface area contributed by atoms with Crippen molar-refractivity contribution in [3.05, 3.63) is 101 Å². The van der Waals surface area contributed by atoms with E-state index in [9.17, 15) is 0 Å². The minimum atomic E-state index is -0.192. The molecule has 3 aromatic carbocycles. The summed E-state index contributed by atoms with van der Waals surface area (Å²) in [7, 11) is 0. The fraction of sp³-hybridized carbons (Fsp3) is 0.143. The van der Waals surface area contributed by atoms with Crippen molar-refractivity contribution in [3.63, 3.8) is 0 Å². The van der Waals surface area contributed by atoms with Gasteiger partial charge < -0.3 is 5.73 Å². The zero-order valence-corrected chi connectivity index (χ0v) is 13.1.